The van der Waals surface area contributed by atoms with Gasteiger partial charge in [-0.2, -0.15) is 0 Å². The summed E-state index contributed by atoms with van der Waals surface area (Å²) in [6.45, 7) is 2.03. The van der Waals surface area contributed by atoms with E-state index in [-0.39, 0.29) is 0 Å². The Morgan fingerprint density at radius 2 is 2.11 bits per heavy atom. The van der Waals surface area contributed by atoms with Crippen LogP contribution in [0.25, 0.3) is 21.6 Å². The minimum Gasteiger partial charge on any atom is -0.478 e. The zero-order valence-electron chi connectivity index (χ0n) is 9.64. The van der Waals surface area contributed by atoms with Gasteiger partial charge >= 0.3 is 5.97 Å². The maximum absolute atomic E-state index is 10.8. The van der Waals surface area contributed by atoms with Gasteiger partial charge in [0.2, 0.25) is 0 Å². The van der Waals surface area contributed by atoms with Crippen LogP contribution in [0, 0.1) is 6.92 Å². The van der Waals surface area contributed by atoms with Crippen LogP contribution >= 0.6 is 11.3 Å². The summed E-state index contributed by atoms with van der Waals surface area (Å²) in [4.78, 5) is 11.7. The number of furan rings is 1. The highest BCUT2D eigenvalue weighted by Crippen LogP contribution is 2.32. The second-order valence-corrected chi connectivity index (χ2v) is 5.07. The highest BCUT2D eigenvalue weighted by Gasteiger charge is 2.11. The first-order valence-electron chi connectivity index (χ1n) is 5.46. The van der Waals surface area contributed by atoms with Crippen LogP contribution in [0.15, 0.2) is 40.1 Å². The van der Waals surface area contributed by atoms with E-state index in [4.69, 9.17) is 9.52 Å². The number of aromatic carboxylic acids is 1. The number of carboxylic acid groups (broad SMARTS) is 1. The molecule has 0 atom stereocenters. The van der Waals surface area contributed by atoms with Crippen molar-refractivity contribution in [1.82, 2.24) is 0 Å². The van der Waals surface area contributed by atoms with E-state index in [0.29, 0.717) is 11.3 Å². The minimum atomic E-state index is -0.913. The van der Waals surface area contributed by atoms with Crippen molar-refractivity contribution in [2.75, 3.05) is 0 Å². The zero-order valence-corrected chi connectivity index (χ0v) is 10.5. The maximum atomic E-state index is 10.8. The van der Waals surface area contributed by atoms with Crippen LogP contribution in [0.1, 0.15) is 15.9 Å². The summed E-state index contributed by atoms with van der Waals surface area (Å²) in [5, 5.41) is 11.6. The Labute approximate surface area is 107 Å². The molecule has 2 aromatic heterocycles. The standard InChI is InChI=1S/C14H10O3S/c1-8-2-3-11-9(4-8)5-12(17-11)13-6-10(7-18-13)14(15)16/h2-7H,1H3,(H,15,16). The molecule has 0 aliphatic heterocycles. The van der Waals surface area contributed by atoms with Crippen molar-refractivity contribution in [2.45, 2.75) is 6.92 Å². The quantitative estimate of drug-likeness (QED) is 0.750. The summed E-state index contributed by atoms with van der Waals surface area (Å²) < 4.78 is 5.72. The van der Waals surface area contributed by atoms with Crippen molar-refractivity contribution in [3.05, 3.63) is 46.8 Å². The van der Waals surface area contributed by atoms with E-state index in [1.54, 1.807) is 11.4 Å². The van der Waals surface area contributed by atoms with Crippen molar-refractivity contribution < 1.29 is 14.3 Å². The van der Waals surface area contributed by atoms with Crippen molar-refractivity contribution in [3.63, 3.8) is 0 Å². The summed E-state index contributed by atoms with van der Waals surface area (Å²) >= 11 is 1.38. The number of carboxylic acids is 1. The van der Waals surface area contributed by atoms with Gasteiger partial charge in [0.05, 0.1) is 10.4 Å². The Morgan fingerprint density at radius 3 is 2.83 bits per heavy atom. The monoisotopic (exact) mass is 258 g/mol. The van der Waals surface area contributed by atoms with E-state index < -0.39 is 5.97 Å². The fraction of sp³-hybridized carbons (Fsp3) is 0.0714. The van der Waals surface area contributed by atoms with Crippen LogP contribution in [-0.2, 0) is 0 Å². The molecule has 0 unspecified atom stereocenters. The molecule has 2 heterocycles. The topological polar surface area (TPSA) is 50.4 Å². The summed E-state index contributed by atoms with van der Waals surface area (Å²) in [6, 6.07) is 9.55. The van der Waals surface area contributed by atoms with Gasteiger partial charge in [0.25, 0.3) is 0 Å². The molecule has 1 N–H and O–H groups in total. The smallest absolute Gasteiger partial charge is 0.336 e. The molecule has 3 aromatic rings. The number of rotatable bonds is 2. The van der Waals surface area contributed by atoms with Crippen LogP contribution in [0.4, 0.5) is 0 Å². The second-order valence-electron chi connectivity index (χ2n) is 4.16. The molecule has 0 aliphatic rings. The molecule has 4 heteroatoms. The Bertz CT molecular complexity index is 736. The summed E-state index contributed by atoms with van der Waals surface area (Å²) in [6.07, 6.45) is 0. The van der Waals surface area contributed by atoms with Gasteiger partial charge in [-0.15, -0.1) is 11.3 Å². The van der Waals surface area contributed by atoms with Crippen molar-refractivity contribution in [3.8, 4) is 10.6 Å². The molecule has 0 aliphatic carbocycles. The van der Waals surface area contributed by atoms with Gasteiger partial charge in [-0.05, 0) is 31.2 Å². The molecule has 0 fully saturated rings. The largest absolute Gasteiger partial charge is 0.478 e. The third-order valence-electron chi connectivity index (χ3n) is 2.76. The SMILES string of the molecule is Cc1ccc2oc(-c3cc(C(=O)O)cs3)cc2c1. The highest BCUT2D eigenvalue weighted by atomic mass is 32.1. The molecule has 0 saturated heterocycles. The fourth-order valence-corrected chi connectivity index (χ4v) is 2.70. The van der Waals surface area contributed by atoms with Gasteiger partial charge in [-0.1, -0.05) is 11.6 Å². The van der Waals surface area contributed by atoms with E-state index in [1.807, 2.05) is 31.2 Å². The van der Waals surface area contributed by atoms with Crippen molar-refractivity contribution in [1.29, 1.82) is 0 Å². The fourth-order valence-electron chi connectivity index (χ4n) is 1.86. The predicted octanol–water partition coefficient (Wildman–Crippen LogP) is 4.17. The van der Waals surface area contributed by atoms with Gasteiger partial charge in [-0.25, -0.2) is 4.79 Å². The minimum absolute atomic E-state index is 0.298. The van der Waals surface area contributed by atoms with E-state index in [1.165, 1.54) is 16.9 Å². The first-order valence-corrected chi connectivity index (χ1v) is 6.34. The molecular weight excluding hydrogens is 248 g/mol. The number of benzene rings is 1. The average Bonchev–Trinajstić information content (AvgIpc) is 2.93. The van der Waals surface area contributed by atoms with Crippen LogP contribution < -0.4 is 0 Å². The molecule has 0 amide bonds. The van der Waals surface area contributed by atoms with E-state index >= 15 is 0 Å². The Balaban J connectivity index is 2.10. The van der Waals surface area contributed by atoms with Gasteiger partial charge in [0, 0.05) is 10.8 Å². The van der Waals surface area contributed by atoms with E-state index in [0.717, 1.165) is 15.8 Å². The van der Waals surface area contributed by atoms with E-state index in [2.05, 4.69) is 0 Å². The number of aryl methyl sites for hydroxylation is 1. The van der Waals surface area contributed by atoms with Gasteiger partial charge in [-0.3, -0.25) is 0 Å². The van der Waals surface area contributed by atoms with Gasteiger partial charge in [0.15, 0.2) is 0 Å². The van der Waals surface area contributed by atoms with E-state index in [9.17, 15) is 4.79 Å². The van der Waals surface area contributed by atoms with Crippen molar-refractivity contribution >= 4 is 28.3 Å². The van der Waals surface area contributed by atoms with Crippen molar-refractivity contribution in [2.24, 2.45) is 0 Å². The Hall–Kier alpha value is -2.07. The first-order chi connectivity index (χ1) is 8.63. The molecule has 0 spiro atoms. The summed E-state index contributed by atoms with van der Waals surface area (Å²) in [7, 11) is 0. The average molecular weight is 258 g/mol. The maximum Gasteiger partial charge on any atom is 0.336 e. The lowest BCUT2D eigenvalue weighted by molar-refractivity contribution is 0.0697. The molecule has 3 nitrogen and oxygen atoms in total. The molecule has 18 heavy (non-hydrogen) atoms. The molecule has 3 rings (SSSR count). The lowest BCUT2D eigenvalue weighted by atomic mass is 10.2. The number of fused-ring (bicyclic) bond motifs is 1. The lowest BCUT2D eigenvalue weighted by Crippen LogP contribution is -1.91. The highest BCUT2D eigenvalue weighted by molar-refractivity contribution is 7.13. The predicted molar refractivity (Wildman–Crippen MR) is 71.2 cm³/mol. The lowest BCUT2D eigenvalue weighted by Gasteiger charge is -1.89. The van der Waals surface area contributed by atoms with Gasteiger partial charge < -0.3 is 9.52 Å². The Kier molecular flexibility index (Phi) is 2.45. The van der Waals surface area contributed by atoms with Crippen LogP contribution in [-0.4, -0.2) is 11.1 Å². The normalized spacial score (nSPS) is 10.9. The summed E-state index contributed by atoms with van der Waals surface area (Å²) in [5.74, 6) is -0.197. The second kappa shape index (κ2) is 3.99. The molecule has 90 valence electrons. The van der Waals surface area contributed by atoms with Crippen LogP contribution in [0.3, 0.4) is 0 Å². The third kappa shape index (κ3) is 1.80. The number of hydrogen-bond donors (Lipinski definition) is 1. The zero-order chi connectivity index (χ0) is 12.7. The number of hydrogen-bond acceptors (Lipinski definition) is 3. The van der Waals surface area contributed by atoms with Crippen LogP contribution in [0.2, 0.25) is 0 Å². The molecule has 1 aromatic carbocycles. The number of carbonyl (C=O) groups is 1. The first kappa shape index (κ1) is 11.0. The van der Waals surface area contributed by atoms with Gasteiger partial charge in [0.1, 0.15) is 11.3 Å². The summed E-state index contributed by atoms with van der Waals surface area (Å²) in [5.41, 5.74) is 2.29. The third-order valence-corrected chi connectivity index (χ3v) is 3.71. The van der Waals surface area contributed by atoms with Crippen LogP contribution in [0.5, 0.6) is 0 Å². The molecule has 0 radical (unpaired) electrons. The number of thiophene rings is 1. The molecular formula is C14H10O3S. The molecule has 0 bridgehead atoms. The Morgan fingerprint density at radius 1 is 1.28 bits per heavy atom. The molecule has 0 saturated carbocycles.